The van der Waals surface area contributed by atoms with Crippen LogP contribution in [-0.4, -0.2) is 28.6 Å². The lowest BCUT2D eigenvalue weighted by molar-refractivity contribution is -0.122. The van der Waals surface area contributed by atoms with E-state index in [2.05, 4.69) is 15.3 Å². The first kappa shape index (κ1) is 17.9. The van der Waals surface area contributed by atoms with Crippen LogP contribution in [0.1, 0.15) is 36.8 Å². The first-order valence-corrected chi connectivity index (χ1v) is 10.0. The summed E-state index contributed by atoms with van der Waals surface area (Å²) >= 11 is 1.48. The third-order valence-electron chi connectivity index (χ3n) is 5.03. The van der Waals surface area contributed by atoms with Gasteiger partial charge in [-0.1, -0.05) is 43.0 Å². The monoisotopic (exact) mass is 383 g/mol. The molecule has 7 heteroatoms. The predicted molar refractivity (Wildman–Crippen MR) is 106 cm³/mol. The van der Waals surface area contributed by atoms with Gasteiger partial charge in [0.2, 0.25) is 0 Å². The molecule has 2 N–H and O–H groups in total. The number of hydrogen-bond donors (Lipinski definition) is 2. The molecule has 4 rings (SSSR count). The molecule has 1 aliphatic heterocycles. The third kappa shape index (κ3) is 3.06. The van der Waals surface area contributed by atoms with Gasteiger partial charge in [-0.05, 0) is 18.2 Å². The summed E-state index contributed by atoms with van der Waals surface area (Å²) in [4.78, 5) is 33.3. The SMILES string of the molecule is CCSc1nc2c(c(=O)[nH]1)[C@H](c1ccccc1OC)[C@H]1C(=O)CCC=C1N2. The molecule has 0 saturated heterocycles. The van der Waals surface area contributed by atoms with Gasteiger partial charge in [0.05, 0.1) is 18.6 Å². The van der Waals surface area contributed by atoms with Crippen molar-refractivity contribution in [3.63, 3.8) is 0 Å². The van der Waals surface area contributed by atoms with Crippen LogP contribution in [0.5, 0.6) is 5.75 Å². The van der Waals surface area contributed by atoms with Gasteiger partial charge in [0.25, 0.3) is 5.56 Å². The number of carbonyl (C=O) groups excluding carboxylic acids is 1. The zero-order valence-corrected chi connectivity index (χ0v) is 16.1. The van der Waals surface area contributed by atoms with Crippen molar-refractivity contribution in [1.29, 1.82) is 0 Å². The zero-order valence-electron chi connectivity index (χ0n) is 15.2. The molecule has 0 unspecified atom stereocenters. The maximum absolute atomic E-state index is 13.0. The number of anilines is 1. The van der Waals surface area contributed by atoms with Gasteiger partial charge in [-0.15, -0.1) is 0 Å². The van der Waals surface area contributed by atoms with E-state index in [-0.39, 0.29) is 11.3 Å². The van der Waals surface area contributed by atoms with Crippen LogP contribution >= 0.6 is 11.8 Å². The Hall–Kier alpha value is -2.54. The van der Waals surface area contributed by atoms with Crippen LogP contribution < -0.4 is 15.6 Å². The molecule has 2 aromatic rings. The highest BCUT2D eigenvalue weighted by Crippen LogP contribution is 2.47. The number of methoxy groups -OCH3 is 1. The number of H-pyrrole nitrogens is 1. The summed E-state index contributed by atoms with van der Waals surface area (Å²) in [5.41, 5.74) is 1.95. The zero-order chi connectivity index (χ0) is 19.0. The van der Waals surface area contributed by atoms with E-state index in [1.807, 2.05) is 37.3 Å². The summed E-state index contributed by atoms with van der Waals surface area (Å²) in [5.74, 6) is 1.29. The number of hydrogen-bond acceptors (Lipinski definition) is 6. The lowest BCUT2D eigenvalue weighted by atomic mass is 9.72. The maximum atomic E-state index is 13.0. The van der Waals surface area contributed by atoms with Crippen molar-refractivity contribution in [2.75, 3.05) is 18.2 Å². The summed E-state index contributed by atoms with van der Waals surface area (Å²) < 4.78 is 5.54. The molecule has 0 bridgehead atoms. The Labute approximate surface area is 161 Å². The summed E-state index contributed by atoms with van der Waals surface area (Å²) in [5, 5.41) is 3.84. The van der Waals surface area contributed by atoms with Gasteiger partial charge in [0.15, 0.2) is 5.16 Å². The second kappa shape index (κ2) is 7.23. The molecule has 0 radical (unpaired) electrons. The van der Waals surface area contributed by atoms with E-state index in [9.17, 15) is 9.59 Å². The van der Waals surface area contributed by atoms with Gasteiger partial charge >= 0.3 is 0 Å². The highest BCUT2D eigenvalue weighted by atomic mass is 32.2. The average molecular weight is 383 g/mol. The molecule has 1 aromatic heterocycles. The Morgan fingerprint density at radius 2 is 2.07 bits per heavy atom. The van der Waals surface area contributed by atoms with Gasteiger partial charge in [-0.25, -0.2) is 4.98 Å². The van der Waals surface area contributed by atoms with Gasteiger partial charge in [-0.3, -0.25) is 9.59 Å². The predicted octanol–water partition coefficient (Wildman–Crippen LogP) is 3.31. The molecule has 1 aromatic carbocycles. The summed E-state index contributed by atoms with van der Waals surface area (Å²) in [6.07, 6.45) is 3.23. The third-order valence-corrected chi connectivity index (χ3v) is 5.79. The second-order valence-electron chi connectivity index (χ2n) is 6.55. The van der Waals surface area contributed by atoms with Crippen molar-refractivity contribution in [2.24, 2.45) is 5.92 Å². The van der Waals surface area contributed by atoms with Crippen molar-refractivity contribution >= 4 is 23.4 Å². The van der Waals surface area contributed by atoms with E-state index in [1.165, 1.54) is 11.8 Å². The minimum Gasteiger partial charge on any atom is -0.496 e. The van der Waals surface area contributed by atoms with E-state index in [1.54, 1.807) is 7.11 Å². The van der Waals surface area contributed by atoms with Gasteiger partial charge in [0, 0.05) is 23.6 Å². The minimum absolute atomic E-state index is 0.132. The number of ether oxygens (including phenoxy) is 1. The van der Waals surface area contributed by atoms with E-state index >= 15 is 0 Å². The largest absolute Gasteiger partial charge is 0.496 e. The molecule has 0 spiro atoms. The van der Waals surface area contributed by atoms with Crippen LogP contribution in [0, 0.1) is 5.92 Å². The first-order valence-electron chi connectivity index (χ1n) is 9.03. The van der Waals surface area contributed by atoms with Crippen molar-refractivity contribution < 1.29 is 9.53 Å². The number of Topliss-reactive ketones (excluding diaryl/α,β-unsaturated/α-hetero) is 1. The van der Waals surface area contributed by atoms with Gasteiger partial charge < -0.3 is 15.0 Å². The summed E-state index contributed by atoms with van der Waals surface area (Å²) in [6, 6.07) is 7.56. The normalized spacial score (nSPS) is 21.0. The number of ketones is 1. The number of fused-ring (bicyclic) bond motifs is 2. The number of thioether (sulfide) groups is 1. The first-order chi connectivity index (χ1) is 13.1. The van der Waals surface area contributed by atoms with Crippen LogP contribution in [0.3, 0.4) is 0 Å². The van der Waals surface area contributed by atoms with Crippen molar-refractivity contribution in [2.45, 2.75) is 30.8 Å². The number of nitrogens with zero attached hydrogens (tertiary/aromatic N) is 1. The number of aromatic nitrogens is 2. The molecule has 0 saturated carbocycles. The van der Waals surface area contributed by atoms with Crippen LogP contribution in [0.2, 0.25) is 0 Å². The van der Waals surface area contributed by atoms with Gasteiger partial charge in [0.1, 0.15) is 17.4 Å². The van der Waals surface area contributed by atoms with Crippen molar-refractivity contribution in [1.82, 2.24) is 9.97 Å². The molecule has 0 amide bonds. The average Bonchev–Trinajstić information content (AvgIpc) is 2.67. The highest BCUT2D eigenvalue weighted by molar-refractivity contribution is 7.99. The number of allylic oxidation sites excluding steroid dienone is 2. The molecule has 140 valence electrons. The molecule has 2 atom stereocenters. The smallest absolute Gasteiger partial charge is 0.257 e. The molecule has 1 aliphatic carbocycles. The molecular weight excluding hydrogens is 362 g/mol. The Balaban J connectivity index is 1.97. The quantitative estimate of drug-likeness (QED) is 0.622. The van der Waals surface area contributed by atoms with E-state index in [0.29, 0.717) is 35.1 Å². The lowest BCUT2D eigenvalue weighted by Gasteiger charge is -2.37. The minimum atomic E-state index is -0.423. The van der Waals surface area contributed by atoms with E-state index in [0.717, 1.165) is 17.0 Å². The molecular formula is C20H21N3O3S. The summed E-state index contributed by atoms with van der Waals surface area (Å²) in [6.45, 7) is 2.01. The molecule has 0 fully saturated rings. The number of aromatic amines is 1. The Morgan fingerprint density at radius 1 is 1.26 bits per heavy atom. The number of nitrogens with one attached hydrogen (secondary N) is 2. The van der Waals surface area contributed by atoms with E-state index < -0.39 is 11.8 Å². The molecule has 2 aliphatic rings. The van der Waals surface area contributed by atoms with Gasteiger partial charge in [-0.2, -0.15) is 0 Å². The lowest BCUT2D eigenvalue weighted by Crippen LogP contribution is -2.39. The Morgan fingerprint density at radius 3 is 2.85 bits per heavy atom. The van der Waals surface area contributed by atoms with E-state index in [4.69, 9.17) is 4.74 Å². The number of para-hydroxylation sites is 1. The fourth-order valence-corrected chi connectivity index (χ4v) is 4.53. The summed E-state index contributed by atoms with van der Waals surface area (Å²) in [7, 11) is 1.60. The topological polar surface area (TPSA) is 84.1 Å². The second-order valence-corrected chi connectivity index (χ2v) is 7.81. The van der Waals surface area contributed by atoms with Crippen LogP contribution in [0.25, 0.3) is 0 Å². The maximum Gasteiger partial charge on any atom is 0.257 e. The fraction of sp³-hybridized carbons (Fsp3) is 0.350. The van der Waals surface area contributed by atoms with Crippen LogP contribution in [0.15, 0.2) is 46.0 Å². The molecule has 27 heavy (non-hydrogen) atoms. The highest BCUT2D eigenvalue weighted by Gasteiger charge is 2.43. The molecule has 2 heterocycles. The number of rotatable bonds is 4. The fourth-order valence-electron chi connectivity index (χ4n) is 3.93. The standard InChI is InChI=1S/C20H21N3O3S/c1-3-27-20-22-18-17(19(25)23-20)15(11-7-4-5-10-14(11)26-2)16-12(21-18)8-6-9-13(16)24/h4-5,7-8,10,15-16H,3,6,9H2,1-2H3,(H2,21,22,23,25)/t15-,16-/m1/s1. The van der Waals surface area contributed by atoms with Crippen LogP contribution in [0.4, 0.5) is 5.82 Å². The van der Waals surface area contributed by atoms with Crippen molar-refractivity contribution in [3.8, 4) is 5.75 Å². The molecule has 6 nitrogen and oxygen atoms in total. The van der Waals surface area contributed by atoms with Crippen molar-refractivity contribution in [3.05, 3.63) is 57.5 Å². The number of benzene rings is 1. The van der Waals surface area contributed by atoms with Crippen LogP contribution in [-0.2, 0) is 4.79 Å². The number of carbonyl (C=O) groups is 1. The Kier molecular flexibility index (Phi) is 4.78. The Bertz CT molecular complexity index is 983.